The third-order valence-electron chi connectivity index (χ3n) is 2.99. The van der Waals surface area contributed by atoms with Gasteiger partial charge in [0.2, 0.25) is 0 Å². The Hall–Kier alpha value is -1.56. The average molecular weight is 257 g/mol. The quantitative estimate of drug-likeness (QED) is 0.888. The SMILES string of the molecule is CCC(CN)c1nc2ccc(C(F)(F)F)cc2[nH]1. The van der Waals surface area contributed by atoms with Gasteiger partial charge in [-0.3, -0.25) is 0 Å². The van der Waals surface area contributed by atoms with Crippen LogP contribution in [0.4, 0.5) is 13.2 Å². The molecule has 2 aromatic rings. The normalized spacial score (nSPS) is 14.1. The zero-order valence-corrected chi connectivity index (χ0v) is 9.88. The highest BCUT2D eigenvalue weighted by Crippen LogP contribution is 2.31. The minimum atomic E-state index is -4.34. The van der Waals surface area contributed by atoms with E-state index in [1.165, 1.54) is 6.07 Å². The summed E-state index contributed by atoms with van der Waals surface area (Å²) in [5.41, 5.74) is 5.85. The van der Waals surface area contributed by atoms with E-state index < -0.39 is 11.7 Å². The van der Waals surface area contributed by atoms with Gasteiger partial charge in [-0.1, -0.05) is 6.92 Å². The van der Waals surface area contributed by atoms with Gasteiger partial charge in [-0.05, 0) is 24.6 Å². The van der Waals surface area contributed by atoms with E-state index in [1.54, 1.807) is 0 Å². The van der Waals surface area contributed by atoms with Gasteiger partial charge in [-0.2, -0.15) is 13.2 Å². The minimum Gasteiger partial charge on any atom is -0.342 e. The van der Waals surface area contributed by atoms with Crippen molar-refractivity contribution in [3.8, 4) is 0 Å². The molecule has 18 heavy (non-hydrogen) atoms. The van der Waals surface area contributed by atoms with Crippen molar-refractivity contribution in [1.82, 2.24) is 9.97 Å². The van der Waals surface area contributed by atoms with E-state index in [0.717, 1.165) is 18.6 Å². The zero-order valence-electron chi connectivity index (χ0n) is 9.88. The summed E-state index contributed by atoms with van der Waals surface area (Å²) in [7, 11) is 0. The first-order chi connectivity index (χ1) is 8.45. The molecule has 2 rings (SSSR count). The van der Waals surface area contributed by atoms with E-state index in [0.29, 0.717) is 23.4 Å². The number of hydrogen-bond donors (Lipinski definition) is 2. The molecule has 1 atom stereocenters. The van der Waals surface area contributed by atoms with Crippen molar-refractivity contribution in [1.29, 1.82) is 0 Å². The van der Waals surface area contributed by atoms with Crippen LogP contribution in [0.1, 0.15) is 30.7 Å². The highest BCUT2D eigenvalue weighted by Gasteiger charge is 2.30. The molecule has 0 bridgehead atoms. The van der Waals surface area contributed by atoms with Crippen LogP contribution in [0.5, 0.6) is 0 Å². The molecule has 0 radical (unpaired) electrons. The molecule has 0 amide bonds. The van der Waals surface area contributed by atoms with E-state index in [4.69, 9.17) is 5.73 Å². The standard InChI is InChI=1S/C12H14F3N3/c1-2-7(6-16)11-17-9-4-3-8(12(13,14)15)5-10(9)18-11/h3-5,7H,2,6,16H2,1H3,(H,17,18). The molecule has 0 spiro atoms. The predicted molar refractivity (Wildman–Crippen MR) is 63.2 cm³/mol. The van der Waals surface area contributed by atoms with Gasteiger partial charge < -0.3 is 10.7 Å². The first-order valence-corrected chi connectivity index (χ1v) is 5.72. The van der Waals surface area contributed by atoms with E-state index in [9.17, 15) is 13.2 Å². The molecule has 0 aliphatic rings. The van der Waals surface area contributed by atoms with Gasteiger partial charge in [0.15, 0.2) is 0 Å². The molecule has 0 saturated heterocycles. The van der Waals surface area contributed by atoms with Crippen molar-refractivity contribution in [3.63, 3.8) is 0 Å². The van der Waals surface area contributed by atoms with Gasteiger partial charge in [0, 0.05) is 12.5 Å². The van der Waals surface area contributed by atoms with Crippen molar-refractivity contribution in [2.75, 3.05) is 6.54 Å². The summed E-state index contributed by atoms with van der Waals surface area (Å²) in [4.78, 5) is 7.19. The fourth-order valence-corrected chi connectivity index (χ4v) is 1.87. The third-order valence-corrected chi connectivity index (χ3v) is 2.99. The van der Waals surface area contributed by atoms with E-state index in [2.05, 4.69) is 9.97 Å². The average Bonchev–Trinajstić information content (AvgIpc) is 2.71. The predicted octanol–water partition coefficient (Wildman–Crippen LogP) is 3.03. The van der Waals surface area contributed by atoms with Crippen LogP contribution in [0.15, 0.2) is 18.2 Å². The van der Waals surface area contributed by atoms with Crippen LogP contribution in [0.2, 0.25) is 0 Å². The number of nitrogens with one attached hydrogen (secondary N) is 1. The lowest BCUT2D eigenvalue weighted by Gasteiger charge is -2.07. The summed E-state index contributed by atoms with van der Waals surface area (Å²) in [6.07, 6.45) is -3.54. The van der Waals surface area contributed by atoms with Crippen molar-refractivity contribution in [3.05, 3.63) is 29.6 Å². The first-order valence-electron chi connectivity index (χ1n) is 5.72. The van der Waals surface area contributed by atoms with E-state index >= 15 is 0 Å². The maximum Gasteiger partial charge on any atom is 0.416 e. The fraction of sp³-hybridized carbons (Fsp3) is 0.417. The second-order valence-electron chi connectivity index (χ2n) is 4.19. The Morgan fingerprint density at radius 2 is 2.11 bits per heavy atom. The second-order valence-corrected chi connectivity index (χ2v) is 4.19. The maximum atomic E-state index is 12.6. The number of halogens is 3. The monoisotopic (exact) mass is 257 g/mol. The molecule has 1 aromatic carbocycles. The Kier molecular flexibility index (Phi) is 3.30. The molecule has 0 fully saturated rings. The van der Waals surface area contributed by atoms with Gasteiger partial charge in [0.25, 0.3) is 0 Å². The molecule has 3 nitrogen and oxygen atoms in total. The number of H-pyrrole nitrogens is 1. The number of aromatic nitrogens is 2. The van der Waals surface area contributed by atoms with Crippen molar-refractivity contribution in [2.45, 2.75) is 25.4 Å². The van der Waals surface area contributed by atoms with Gasteiger partial charge in [0.1, 0.15) is 5.82 Å². The first kappa shape index (κ1) is 12.9. The zero-order chi connectivity index (χ0) is 13.3. The molecule has 3 N–H and O–H groups in total. The molecular formula is C12H14F3N3. The maximum absolute atomic E-state index is 12.6. The number of nitrogens with zero attached hydrogens (tertiary/aromatic N) is 1. The molecular weight excluding hydrogens is 243 g/mol. The van der Waals surface area contributed by atoms with E-state index in [-0.39, 0.29) is 5.92 Å². The lowest BCUT2D eigenvalue weighted by atomic mass is 10.1. The van der Waals surface area contributed by atoms with Crippen LogP contribution >= 0.6 is 0 Å². The highest BCUT2D eigenvalue weighted by molar-refractivity contribution is 5.76. The summed E-state index contributed by atoms with van der Waals surface area (Å²) in [5.74, 6) is 0.695. The number of imidazole rings is 1. The second kappa shape index (κ2) is 4.61. The molecule has 0 aliphatic carbocycles. The lowest BCUT2D eigenvalue weighted by molar-refractivity contribution is -0.137. The van der Waals surface area contributed by atoms with Crippen molar-refractivity contribution in [2.24, 2.45) is 5.73 Å². The summed E-state index contributed by atoms with van der Waals surface area (Å²) in [5, 5.41) is 0. The molecule has 1 heterocycles. The molecule has 1 unspecified atom stereocenters. The Bertz CT molecular complexity index is 541. The number of hydrogen-bond acceptors (Lipinski definition) is 2. The summed E-state index contributed by atoms with van der Waals surface area (Å²) < 4.78 is 37.7. The van der Waals surface area contributed by atoms with Crippen LogP contribution in [0.3, 0.4) is 0 Å². The van der Waals surface area contributed by atoms with Crippen LogP contribution in [-0.4, -0.2) is 16.5 Å². The van der Waals surface area contributed by atoms with E-state index in [1.807, 2.05) is 6.92 Å². The Morgan fingerprint density at radius 3 is 2.67 bits per heavy atom. The number of aromatic amines is 1. The van der Waals surface area contributed by atoms with Crippen LogP contribution < -0.4 is 5.73 Å². The minimum absolute atomic E-state index is 0.0479. The Labute approximate surface area is 102 Å². The van der Waals surface area contributed by atoms with Crippen LogP contribution in [0, 0.1) is 0 Å². The van der Waals surface area contributed by atoms with Gasteiger partial charge in [-0.15, -0.1) is 0 Å². The number of fused-ring (bicyclic) bond motifs is 1. The molecule has 0 aliphatic heterocycles. The fourth-order valence-electron chi connectivity index (χ4n) is 1.87. The molecule has 0 saturated carbocycles. The molecule has 98 valence electrons. The number of nitrogens with two attached hydrogens (primary N) is 1. The topological polar surface area (TPSA) is 54.7 Å². The Morgan fingerprint density at radius 1 is 1.39 bits per heavy atom. The number of alkyl halides is 3. The lowest BCUT2D eigenvalue weighted by Crippen LogP contribution is -2.12. The van der Waals surface area contributed by atoms with Crippen molar-refractivity contribution < 1.29 is 13.2 Å². The summed E-state index contributed by atoms with van der Waals surface area (Å²) in [6, 6.07) is 3.49. The third kappa shape index (κ3) is 2.33. The van der Waals surface area contributed by atoms with Crippen LogP contribution in [0.25, 0.3) is 11.0 Å². The Balaban J connectivity index is 2.46. The molecule has 6 heteroatoms. The van der Waals surface area contributed by atoms with Crippen molar-refractivity contribution >= 4 is 11.0 Å². The van der Waals surface area contributed by atoms with Crippen LogP contribution in [-0.2, 0) is 6.18 Å². The summed E-state index contributed by atoms with van der Waals surface area (Å²) >= 11 is 0. The van der Waals surface area contributed by atoms with Gasteiger partial charge >= 0.3 is 6.18 Å². The summed E-state index contributed by atoms with van der Waals surface area (Å²) in [6.45, 7) is 2.38. The smallest absolute Gasteiger partial charge is 0.342 e. The number of rotatable bonds is 3. The van der Waals surface area contributed by atoms with Gasteiger partial charge in [0.05, 0.1) is 16.6 Å². The molecule has 1 aromatic heterocycles. The number of benzene rings is 1. The highest BCUT2D eigenvalue weighted by atomic mass is 19.4. The van der Waals surface area contributed by atoms with Gasteiger partial charge in [-0.25, -0.2) is 4.98 Å². The largest absolute Gasteiger partial charge is 0.416 e.